The fourth-order valence-electron chi connectivity index (χ4n) is 11.8. The maximum atomic E-state index is 3.97. The summed E-state index contributed by atoms with van der Waals surface area (Å²) in [4.78, 5) is 0. The van der Waals surface area contributed by atoms with Gasteiger partial charge in [0.25, 0.3) is 0 Å². The molecule has 0 nitrogen and oxygen atoms in total. The van der Waals surface area contributed by atoms with E-state index < -0.39 is 8.07 Å². The quantitative estimate of drug-likeness (QED) is 0.0180. The van der Waals surface area contributed by atoms with Gasteiger partial charge in [-0.05, 0) is 218 Å². The molecule has 0 bridgehead atoms. The Morgan fingerprint density at radius 2 is 0.412 bits per heavy atom. The third kappa shape index (κ3) is 29.3. The Morgan fingerprint density at radius 3 is 0.612 bits per heavy atom. The molecule has 0 saturated carbocycles. The second kappa shape index (κ2) is 44.5. The molecule has 4 aromatic rings. The number of rotatable bonds is 40. The topological polar surface area (TPSA) is 0 Å². The minimum Gasteiger partial charge on any atom is -0.127 e. The van der Waals surface area contributed by atoms with Gasteiger partial charge in [0, 0.05) is 42.5 Å². The van der Waals surface area contributed by atoms with Crippen LogP contribution in [0, 0.1) is 50.6 Å². The lowest BCUT2D eigenvalue weighted by atomic mass is 9.90. The largest absolute Gasteiger partial charge is 0.129 e. The fourth-order valence-corrected chi connectivity index (χ4v) is 13.1. The van der Waals surface area contributed by atoms with Gasteiger partial charge in [0.15, 0.2) is 0 Å². The van der Waals surface area contributed by atoms with Crippen molar-refractivity contribution in [2.45, 2.75) is 332 Å². The van der Waals surface area contributed by atoms with Crippen LogP contribution >= 0.6 is 22.6 Å². The molecule has 0 fully saturated rings. The van der Waals surface area contributed by atoms with Crippen molar-refractivity contribution < 1.29 is 0 Å². The van der Waals surface area contributed by atoms with Crippen molar-refractivity contribution in [1.29, 1.82) is 0 Å². The smallest absolute Gasteiger partial charge is 0.127 e. The molecular weight excluding hydrogens is 1150 g/mol. The lowest BCUT2D eigenvalue weighted by Crippen LogP contribution is -2.16. The summed E-state index contributed by atoms with van der Waals surface area (Å²) >= 11 is 2.61. The molecule has 4 aromatic carbocycles. The van der Waals surface area contributed by atoms with E-state index in [2.05, 4.69) is 193 Å². The van der Waals surface area contributed by atoms with Gasteiger partial charge in [-0.2, -0.15) is 0 Å². The normalized spacial score (nSPS) is 11.2. The summed E-state index contributed by atoms with van der Waals surface area (Å²) in [5.41, 5.74) is 23.6. The first-order valence-corrected chi connectivity index (χ1v) is 40.4. The Bertz CT molecular complexity index is 2800. The van der Waals surface area contributed by atoms with Crippen LogP contribution in [-0.2, 0) is 51.4 Å². The summed E-state index contributed by atoms with van der Waals surface area (Å²) in [5.74, 6) is 27.4. The maximum absolute atomic E-state index is 3.97. The van der Waals surface area contributed by atoms with Gasteiger partial charge in [0.2, 0.25) is 0 Å². The van der Waals surface area contributed by atoms with Crippen molar-refractivity contribution in [1.82, 2.24) is 0 Å². The molecule has 0 unspecified atom stereocenters. The molecule has 0 radical (unpaired) electrons. The van der Waals surface area contributed by atoms with Gasteiger partial charge in [0.1, 0.15) is 8.07 Å². The fraction of sp³-hybridized carbons (Fsp3) is 0.614. The molecule has 0 aliphatic rings. The molecule has 85 heavy (non-hydrogen) atoms. The second-order valence-corrected chi connectivity index (χ2v) is 32.2. The number of unbranched alkanes of at least 4 members (excludes halogenated alkanes) is 24. The van der Waals surface area contributed by atoms with E-state index in [1.807, 2.05) is 0 Å². The molecule has 0 aliphatic heterocycles. The maximum Gasteiger partial charge on any atom is 0.129 e. The van der Waals surface area contributed by atoms with E-state index in [4.69, 9.17) is 0 Å². The first-order chi connectivity index (χ1) is 41.4. The van der Waals surface area contributed by atoms with Gasteiger partial charge in [-0.1, -0.05) is 271 Å². The number of benzene rings is 4. The van der Waals surface area contributed by atoms with Crippen LogP contribution in [0.5, 0.6) is 0 Å². The molecule has 0 saturated heterocycles. The molecule has 0 heterocycles. The Kier molecular flexibility index (Phi) is 38.5. The molecule has 4 rings (SSSR count). The predicted molar refractivity (Wildman–Crippen MR) is 389 cm³/mol. The van der Waals surface area contributed by atoms with Gasteiger partial charge in [-0.25, -0.2) is 0 Å². The molecule has 464 valence electrons. The highest BCUT2D eigenvalue weighted by Gasteiger charge is 2.16. The lowest BCUT2D eigenvalue weighted by Gasteiger charge is -2.14. The summed E-state index contributed by atoms with van der Waals surface area (Å²) in [6.07, 6.45) is 48.5. The zero-order valence-electron chi connectivity index (χ0n) is 56.8. The third-order valence-corrected chi connectivity index (χ3v) is 19.1. The number of hydrogen-bond donors (Lipinski definition) is 0. The third-order valence-electron chi connectivity index (χ3n) is 17.2. The van der Waals surface area contributed by atoms with Gasteiger partial charge in [-0.15, -0.1) is 5.54 Å². The average molecular weight is 1270 g/mol. The van der Waals surface area contributed by atoms with Crippen LogP contribution in [0.1, 0.15) is 344 Å². The van der Waals surface area contributed by atoms with Crippen LogP contribution in [0.2, 0.25) is 19.6 Å². The number of halogens is 1. The van der Waals surface area contributed by atoms with Gasteiger partial charge < -0.3 is 0 Å². The highest BCUT2D eigenvalue weighted by molar-refractivity contribution is 14.1. The van der Waals surface area contributed by atoms with E-state index in [1.54, 1.807) is 0 Å². The van der Waals surface area contributed by atoms with Gasteiger partial charge in [-0.3, -0.25) is 0 Å². The molecule has 0 amide bonds. The van der Waals surface area contributed by atoms with Crippen LogP contribution < -0.4 is 0 Å². The monoisotopic (exact) mass is 1270 g/mol. The first-order valence-electron chi connectivity index (χ1n) is 35.8. The van der Waals surface area contributed by atoms with E-state index in [0.717, 1.165) is 51.4 Å². The lowest BCUT2D eigenvalue weighted by molar-refractivity contribution is 0.662. The molecule has 2 heteroatoms. The molecule has 0 spiro atoms. The number of aryl methyl sites for hydroxylation is 8. The summed E-state index contributed by atoms with van der Waals surface area (Å²) in [5, 5.41) is 0. The van der Waals surface area contributed by atoms with Crippen molar-refractivity contribution in [3.63, 3.8) is 0 Å². The predicted octanol–water partition coefficient (Wildman–Crippen LogP) is 24.7. The Hall–Kier alpha value is -3.93. The summed E-state index contributed by atoms with van der Waals surface area (Å²) < 4.78 is 1.42. The number of hydrogen-bond acceptors (Lipinski definition) is 0. The zero-order chi connectivity index (χ0) is 61.3. The zero-order valence-corrected chi connectivity index (χ0v) is 59.9. The van der Waals surface area contributed by atoms with Crippen LogP contribution in [-0.4, -0.2) is 8.07 Å². The molecule has 0 N–H and O–H groups in total. The van der Waals surface area contributed by atoms with E-state index in [9.17, 15) is 0 Å². The average Bonchev–Trinajstić information content (AvgIpc) is 3.26. The highest BCUT2D eigenvalue weighted by Crippen LogP contribution is 2.28. The summed E-state index contributed by atoms with van der Waals surface area (Å²) in [7, 11) is -1.56. The van der Waals surface area contributed by atoms with E-state index in [0.29, 0.717) is 0 Å². The molecular formula is C83H121ISi. The Morgan fingerprint density at radius 1 is 0.235 bits per heavy atom. The van der Waals surface area contributed by atoms with Crippen molar-refractivity contribution in [2.24, 2.45) is 0 Å². The van der Waals surface area contributed by atoms with Crippen LogP contribution in [0.3, 0.4) is 0 Å². The van der Waals surface area contributed by atoms with E-state index in [-0.39, 0.29) is 0 Å². The minimum absolute atomic E-state index is 1.03. The molecule has 0 aromatic heterocycles. The van der Waals surface area contributed by atoms with Gasteiger partial charge in [0.05, 0.1) is 0 Å². The summed E-state index contributed by atoms with van der Waals surface area (Å²) in [6.45, 7) is 25.7. The van der Waals surface area contributed by atoms with Crippen LogP contribution in [0.25, 0.3) is 0 Å². The molecule has 0 atom stereocenters. The SMILES string of the molecule is CCCCCCc1cc(C#Cc2cc(CCCCCC)c(C#Cc3cc(CCCCCC)c(C#Cc4cc(CCCCCC)c(C#C[Si](C)(C)C)cc4CCCCCC)cc3CCCCCC)cc2CCCCCC)c(CCCCCC)cc1I. The highest BCUT2D eigenvalue weighted by atomic mass is 127. The van der Waals surface area contributed by atoms with Crippen LogP contribution in [0.4, 0.5) is 0 Å². The first kappa shape index (κ1) is 73.5. The van der Waals surface area contributed by atoms with Crippen LogP contribution in [0.15, 0.2) is 48.5 Å². The van der Waals surface area contributed by atoms with Crippen molar-refractivity contribution in [2.75, 3.05) is 0 Å². The molecule has 0 aliphatic carbocycles. The Labute approximate surface area is 541 Å². The Balaban J connectivity index is 2.00. The van der Waals surface area contributed by atoms with E-state index >= 15 is 0 Å². The van der Waals surface area contributed by atoms with Crippen molar-refractivity contribution in [3.8, 4) is 47.0 Å². The van der Waals surface area contributed by atoms with E-state index in [1.165, 1.54) is 292 Å². The van der Waals surface area contributed by atoms with Crippen molar-refractivity contribution >= 4 is 30.7 Å². The minimum atomic E-state index is -1.56. The van der Waals surface area contributed by atoms with Gasteiger partial charge >= 0.3 is 0 Å². The second-order valence-electron chi connectivity index (χ2n) is 26.3. The summed E-state index contributed by atoms with van der Waals surface area (Å²) in [6, 6.07) is 19.9. The standard InChI is InChI=1S/C83H121ISi/c1-12-20-28-36-44-68-61-77(54-55-79-64-73(49-41-33-25-17-6)81(58-59-85(9,10)11)65-72(79)48-40-32-24-16-5)69(45-37-29-21-13-2)60-75(68)52-53-76-62-71(47-39-31-23-15-4)78(63-70(76)46-38-30-22-14-3)56-57-80-66-82(51-43-35-27-19-8)83(84)67-74(80)50-42-34-26-18-7/h60-67H,12-51H2,1-11H3. The van der Waals surface area contributed by atoms with Crippen molar-refractivity contribution in [3.05, 3.63) is 136 Å².